The number of halogens is 7. The van der Waals surface area contributed by atoms with Crippen molar-refractivity contribution in [2.24, 2.45) is 17.3 Å². The van der Waals surface area contributed by atoms with E-state index in [0.29, 0.717) is 0 Å². The average molecular weight is 414 g/mol. The van der Waals surface area contributed by atoms with Crippen LogP contribution in [0.3, 0.4) is 0 Å². The minimum atomic E-state index is -4.56. The monoisotopic (exact) mass is 414 g/mol. The number of rotatable bonds is 6. The molecule has 0 radical (unpaired) electrons. The second-order valence-corrected chi connectivity index (χ2v) is 6.98. The van der Waals surface area contributed by atoms with Gasteiger partial charge in [-0.1, -0.05) is 19.9 Å². The van der Waals surface area contributed by atoms with Crippen LogP contribution in [0.2, 0.25) is 0 Å². The SMILES string of the molecule is COCc1c(F)c(F)c(COC(=O)C2C(/C=C\C(F)(F)F)C2(C)C)c(F)c1F. The summed E-state index contributed by atoms with van der Waals surface area (Å²) >= 11 is 0. The smallest absolute Gasteiger partial charge is 0.409 e. The molecule has 0 aliphatic heterocycles. The average Bonchev–Trinajstić information content (AvgIpc) is 3.15. The zero-order chi connectivity index (χ0) is 21.4. The summed E-state index contributed by atoms with van der Waals surface area (Å²) in [5.41, 5.74) is -2.95. The number of methoxy groups -OCH3 is 1. The summed E-state index contributed by atoms with van der Waals surface area (Å²) in [6, 6.07) is 0. The molecule has 0 aromatic heterocycles. The van der Waals surface area contributed by atoms with Crippen molar-refractivity contribution in [3.8, 4) is 0 Å². The molecule has 0 N–H and O–H groups in total. The van der Waals surface area contributed by atoms with Gasteiger partial charge in [-0.2, -0.15) is 13.2 Å². The van der Waals surface area contributed by atoms with Crippen LogP contribution in [0.1, 0.15) is 25.0 Å². The van der Waals surface area contributed by atoms with Crippen LogP contribution in [0, 0.1) is 40.5 Å². The normalized spacial score (nSPS) is 21.2. The number of ether oxygens (including phenoxy) is 2. The number of hydrogen-bond donors (Lipinski definition) is 0. The summed E-state index contributed by atoms with van der Waals surface area (Å²) in [5.74, 6) is -9.63. The molecule has 0 spiro atoms. The molecule has 3 nitrogen and oxygen atoms in total. The highest BCUT2D eigenvalue weighted by Crippen LogP contribution is 2.59. The van der Waals surface area contributed by atoms with E-state index >= 15 is 0 Å². The Hall–Kier alpha value is -2.10. The minimum Gasteiger partial charge on any atom is -0.460 e. The van der Waals surface area contributed by atoms with E-state index in [1.807, 2.05) is 0 Å². The summed E-state index contributed by atoms with van der Waals surface area (Å²) < 4.78 is 102. The summed E-state index contributed by atoms with van der Waals surface area (Å²) in [5, 5.41) is 0. The van der Waals surface area contributed by atoms with Crippen molar-refractivity contribution in [2.45, 2.75) is 33.2 Å². The maximum atomic E-state index is 14.0. The molecule has 0 saturated heterocycles. The fourth-order valence-electron chi connectivity index (χ4n) is 3.05. The molecule has 0 bridgehead atoms. The van der Waals surface area contributed by atoms with E-state index in [1.165, 1.54) is 13.8 Å². The first-order valence-electron chi connectivity index (χ1n) is 8.08. The Balaban J connectivity index is 2.15. The van der Waals surface area contributed by atoms with Gasteiger partial charge in [-0.05, 0) is 11.3 Å². The number of carbonyl (C=O) groups excluding carboxylic acids is 1. The first-order chi connectivity index (χ1) is 12.8. The molecule has 1 aliphatic carbocycles. The van der Waals surface area contributed by atoms with Gasteiger partial charge in [0.1, 0.15) is 6.61 Å². The topological polar surface area (TPSA) is 35.5 Å². The summed E-state index contributed by atoms with van der Waals surface area (Å²) in [4.78, 5) is 12.1. The Morgan fingerprint density at radius 3 is 1.89 bits per heavy atom. The molecule has 0 amide bonds. The Labute approximate surface area is 156 Å². The van der Waals surface area contributed by atoms with Crippen LogP contribution in [0.4, 0.5) is 30.7 Å². The van der Waals surface area contributed by atoms with Gasteiger partial charge in [-0.15, -0.1) is 0 Å². The zero-order valence-corrected chi connectivity index (χ0v) is 15.1. The molecular formula is C18H17F7O3. The van der Waals surface area contributed by atoms with E-state index in [9.17, 15) is 35.5 Å². The lowest BCUT2D eigenvalue weighted by atomic mass is 10.1. The van der Waals surface area contributed by atoms with Gasteiger partial charge in [-0.3, -0.25) is 4.79 Å². The highest BCUT2D eigenvalue weighted by Gasteiger charge is 2.61. The van der Waals surface area contributed by atoms with Gasteiger partial charge >= 0.3 is 12.1 Å². The maximum absolute atomic E-state index is 14.0. The Bertz CT molecular complexity index is 770. The number of carbonyl (C=O) groups is 1. The standard InChI is InChI=1S/C18H17F7O3/c1-17(2)10(4-5-18(23,24)25)11(17)16(26)28-7-9-14(21)12(19)8(6-27-3)13(20)15(9)22/h4-5,10-11H,6-7H2,1-3H3/b5-4-. The van der Waals surface area contributed by atoms with Gasteiger partial charge < -0.3 is 9.47 Å². The van der Waals surface area contributed by atoms with Crippen molar-refractivity contribution >= 4 is 5.97 Å². The summed E-state index contributed by atoms with van der Waals surface area (Å²) in [6.07, 6.45) is -3.75. The second-order valence-electron chi connectivity index (χ2n) is 6.98. The van der Waals surface area contributed by atoms with Crippen LogP contribution in [-0.2, 0) is 27.5 Å². The molecule has 10 heteroatoms. The third kappa shape index (κ3) is 4.31. The first-order valence-corrected chi connectivity index (χ1v) is 8.08. The van der Waals surface area contributed by atoms with Crippen LogP contribution >= 0.6 is 0 Å². The molecule has 156 valence electrons. The van der Waals surface area contributed by atoms with Gasteiger partial charge in [0, 0.05) is 13.2 Å². The van der Waals surface area contributed by atoms with Crippen LogP contribution in [0.25, 0.3) is 0 Å². The second kappa shape index (κ2) is 7.73. The molecule has 2 rings (SSSR count). The molecule has 2 unspecified atom stereocenters. The highest BCUT2D eigenvalue weighted by molar-refractivity contribution is 5.78. The fourth-order valence-corrected chi connectivity index (χ4v) is 3.05. The minimum absolute atomic E-state index is 0.00862. The van der Waals surface area contributed by atoms with Crippen molar-refractivity contribution in [2.75, 3.05) is 7.11 Å². The van der Waals surface area contributed by atoms with Crippen LogP contribution in [0.15, 0.2) is 12.2 Å². The summed E-state index contributed by atoms with van der Waals surface area (Å²) in [6.45, 7) is 1.21. The Morgan fingerprint density at radius 2 is 1.46 bits per heavy atom. The molecule has 1 fully saturated rings. The lowest BCUT2D eigenvalue weighted by Gasteiger charge is -2.12. The van der Waals surface area contributed by atoms with Crippen LogP contribution < -0.4 is 0 Å². The molecule has 1 aliphatic rings. The van der Waals surface area contributed by atoms with Gasteiger partial charge in [0.15, 0.2) is 23.3 Å². The third-order valence-electron chi connectivity index (χ3n) is 4.75. The van der Waals surface area contributed by atoms with Crippen LogP contribution in [-0.4, -0.2) is 19.3 Å². The van der Waals surface area contributed by atoms with E-state index in [1.54, 1.807) is 0 Å². The van der Waals surface area contributed by atoms with Gasteiger partial charge in [0.2, 0.25) is 0 Å². The Kier molecular flexibility index (Phi) is 6.13. The highest BCUT2D eigenvalue weighted by atomic mass is 19.4. The number of esters is 1. The molecule has 0 heterocycles. The van der Waals surface area contributed by atoms with Crippen molar-refractivity contribution in [3.05, 3.63) is 46.5 Å². The largest absolute Gasteiger partial charge is 0.460 e. The van der Waals surface area contributed by atoms with E-state index in [-0.39, 0.29) is 6.08 Å². The van der Waals surface area contributed by atoms with Crippen molar-refractivity contribution in [3.63, 3.8) is 0 Å². The zero-order valence-electron chi connectivity index (χ0n) is 15.1. The number of benzene rings is 1. The van der Waals surface area contributed by atoms with Crippen LogP contribution in [0.5, 0.6) is 0 Å². The summed E-state index contributed by atoms with van der Waals surface area (Å²) in [7, 11) is 1.07. The van der Waals surface area contributed by atoms with Gasteiger partial charge in [0.05, 0.1) is 23.7 Å². The molecule has 1 saturated carbocycles. The molecular weight excluding hydrogens is 397 g/mol. The van der Waals surface area contributed by atoms with Crippen molar-refractivity contribution in [1.29, 1.82) is 0 Å². The lowest BCUT2D eigenvalue weighted by molar-refractivity contribution is -0.147. The molecule has 1 aromatic carbocycles. The third-order valence-corrected chi connectivity index (χ3v) is 4.75. The van der Waals surface area contributed by atoms with E-state index < -0.39 is 77.0 Å². The van der Waals surface area contributed by atoms with E-state index in [0.717, 1.165) is 13.2 Å². The van der Waals surface area contributed by atoms with E-state index in [4.69, 9.17) is 4.74 Å². The number of allylic oxidation sites excluding steroid dienone is 2. The molecule has 1 aromatic rings. The first kappa shape index (κ1) is 22.2. The van der Waals surface area contributed by atoms with Gasteiger partial charge in [-0.25, -0.2) is 17.6 Å². The van der Waals surface area contributed by atoms with Crippen molar-refractivity contribution < 1.29 is 45.0 Å². The lowest BCUT2D eigenvalue weighted by Crippen LogP contribution is -2.15. The molecule has 28 heavy (non-hydrogen) atoms. The van der Waals surface area contributed by atoms with Crippen molar-refractivity contribution in [1.82, 2.24) is 0 Å². The molecule has 2 atom stereocenters. The Morgan fingerprint density at radius 1 is 1.00 bits per heavy atom. The maximum Gasteiger partial charge on any atom is 0.409 e. The predicted molar refractivity (Wildman–Crippen MR) is 82.7 cm³/mol. The fraction of sp³-hybridized carbons (Fsp3) is 0.500. The predicted octanol–water partition coefficient (Wildman–Crippen LogP) is 4.82. The number of alkyl halides is 3. The number of hydrogen-bond acceptors (Lipinski definition) is 3. The van der Waals surface area contributed by atoms with E-state index in [2.05, 4.69) is 4.74 Å². The van der Waals surface area contributed by atoms with Gasteiger partial charge in [0.25, 0.3) is 0 Å². The quantitative estimate of drug-likeness (QED) is 0.290.